The minimum atomic E-state index is 0.287. The number of halogens is 2. The summed E-state index contributed by atoms with van der Waals surface area (Å²) in [7, 11) is 0. The van der Waals surface area contributed by atoms with Gasteiger partial charge in [0.1, 0.15) is 5.75 Å². The molecule has 0 atom stereocenters. The minimum Gasteiger partial charge on any atom is -0.436 e. The molecular weight excluding hydrogens is 288 g/mol. The second-order valence-corrected chi connectivity index (χ2v) is 4.22. The highest BCUT2D eigenvalue weighted by molar-refractivity contribution is 9.10. The maximum atomic E-state index is 5.73. The van der Waals surface area contributed by atoms with Crippen molar-refractivity contribution < 1.29 is 4.74 Å². The fraction of sp³-hybridized carbons (Fsp3) is 0. The molecule has 72 valence electrons. The summed E-state index contributed by atoms with van der Waals surface area (Å²) in [4.78, 5) is 0. The molecule has 0 saturated heterocycles. The predicted octanol–water partition coefficient (Wildman–Crippen LogP) is 3.75. The van der Waals surface area contributed by atoms with E-state index in [0.717, 1.165) is 16.2 Å². The molecule has 0 spiro atoms. The Hall–Kier alpha value is -0.650. The third-order valence-electron chi connectivity index (χ3n) is 1.43. The maximum absolute atomic E-state index is 5.73. The molecule has 1 aromatic heterocycles. The zero-order chi connectivity index (χ0) is 9.97. The Morgan fingerprint density at radius 2 is 2.21 bits per heavy atom. The summed E-state index contributed by atoms with van der Waals surface area (Å²) in [6, 6.07) is 7.43. The first-order chi connectivity index (χ1) is 6.75. The topological polar surface area (TPSA) is 35.0 Å². The normalized spacial score (nSPS) is 10.1. The number of aromatic nitrogens is 2. The molecule has 3 nitrogen and oxygen atoms in total. The second-order valence-electron chi connectivity index (χ2n) is 2.42. The van der Waals surface area contributed by atoms with Gasteiger partial charge < -0.3 is 4.74 Å². The highest BCUT2D eigenvalue weighted by Crippen LogP contribution is 2.28. The van der Waals surface area contributed by atoms with Crippen LogP contribution in [-0.4, -0.2) is 8.75 Å². The lowest BCUT2D eigenvalue weighted by Gasteiger charge is -2.01. The van der Waals surface area contributed by atoms with Crippen LogP contribution in [0.4, 0.5) is 0 Å². The van der Waals surface area contributed by atoms with Crippen molar-refractivity contribution in [2.75, 3.05) is 0 Å². The van der Waals surface area contributed by atoms with E-state index in [-0.39, 0.29) is 5.15 Å². The number of ether oxygens (including phenoxy) is 1. The fourth-order valence-electron chi connectivity index (χ4n) is 0.873. The molecule has 0 aliphatic carbocycles. The Bertz CT molecular complexity index is 448. The van der Waals surface area contributed by atoms with E-state index in [1.54, 1.807) is 0 Å². The summed E-state index contributed by atoms with van der Waals surface area (Å²) in [6.07, 6.45) is 0. The summed E-state index contributed by atoms with van der Waals surface area (Å²) in [5, 5.41) is 0.287. The first kappa shape index (κ1) is 9.89. The van der Waals surface area contributed by atoms with Gasteiger partial charge in [0.15, 0.2) is 0 Å². The average Bonchev–Trinajstić information content (AvgIpc) is 2.52. The van der Waals surface area contributed by atoms with E-state index in [4.69, 9.17) is 16.3 Å². The van der Waals surface area contributed by atoms with Gasteiger partial charge in [0.25, 0.3) is 5.88 Å². The Morgan fingerprint density at radius 1 is 1.36 bits per heavy atom. The second kappa shape index (κ2) is 4.25. The van der Waals surface area contributed by atoms with Crippen LogP contribution in [0, 0.1) is 0 Å². The zero-order valence-corrected chi connectivity index (χ0v) is 9.93. The molecule has 2 aromatic rings. The molecular formula is C8H4BrClN2OS. The molecule has 2 rings (SSSR count). The van der Waals surface area contributed by atoms with Crippen molar-refractivity contribution in [2.45, 2.75) is 0 Å². The van der Waals surface area contributed by atoms with Crippen LogP contribution in [0.25, 0.3) is 0 Å². The van der Waals surface area contributed by atoms with Crippen molar-refractivity contribution in [1.29, 1.82) is 0 Å². The van der Waals surface area contributed by atoms with Gasteiger partial charge in [-0.2, -0.15) is 4.37 Å². The van der Waals surface area contributed by atoms with Gasteiger partial charge in [0.05, 0.1) is 11.7 Å². The molecule has 0 N–H and O–H groups in total. The van der Waals surface area contributed by atoms with Crippen molar-refractivity contribution in [3.63, 3.8) is 0 Å². The van der Waals surface area contributed by atoms with Gasteiger partial charge in [-0.15, -0.1) is 4.37 Å². The molecule has 1 heterocycles. The molecule has 14 heavy (non-hydrogen) atoms. The Balaban J connectivity index is 2.23. The molecule has 0 saturated carbocycles. The highest BCUT2D eigenvalue weighted by Gasteiger charge is 2.07. The summed E-state index contributed by atoms with van der Waals surface area (Å²) in [5.41, 5.74) is 0. The molecule has 0 aliphatic heterocycles. The molecule has 0 radical (unpaired) electrons. The third-order valence-corrected chi connectivity index (χ3v) is 2.78. The van der Waals surface area contributed by atoms with Gasteiger partial charge in [0.2, 0.25) is 5.15 Å². The molecule has 0 bridgehead atoms. The number of hydrogen-bond donors (Lipinski definition) is 0. The minimum absolute atomic E-state index is 0.287. The Labute approximate surface area is 98.1 Å². The largest absolute Gasteiger partial charge is 0.436 e. The summed E-state index contributed by atoms with van der Waals surface area (Å²) < 4.78 is 14.0. The van der Waals surface area contributed by atoms with Crippen molar-refractivity contribution >= 4 is 39.3 Å². The predicted molar refractivity (Wildman–Crippen MR) is 59.1 cm³/mol. The SMILES string of the molecule is Clc1nsnc1Oc1cccc(Br)c1. The van der Waals surface area contributed by atoms with Gasteiger partial charge in [-0.25, -0.2) is 0 Å². The molecule has 0 aliphatic rings. The standard InChI is InChI=1S/C8H4BrClN2OS/c9-5-2-1-3-6(4-5)13-8-7(10)11-14-12-8/h1-4H. The van der Waals surface area contributed by atoms with Crippen LogP contribution in [0.3, 0.4) is 0 Å². The lowest BCUT2D eigenvalue weighted by Crippen LogP contribution is -1.84. The van der Waals surface area contributed by atoms with Crippen LogP contribution in [-0.2, 0) is 0 Å². The van der Waals surface area contributed by atoms with E-state index in [1.165, 1.54) is 0 Å². The van der Waals surface area contributed by atoms with Gasteiger partial charge >= 0.3 is 0 Å². The van der Waals surface area contributed by atoms with Crippen LogP contribution in [0.15, 0.2) is 28.7 Å². The summed E-state index contributed by atoms with van der Waals surface area (Å²) in [6.45, 7) is 0. The van der Waals surface area contributed by atoms with Gasteiger partial charge in [-0.05, 0) is 18.2 Å². The number of nitrogens with zero attached hydrogens (tertiary/aromatic N) is 2. The fourth-order valence-corrected chi connectivity index (χ4v) is 1.86. The first-order valence-corrected chi connectivity index (χ1v) is 5.57. The van der Waals surface area contributed by atoms with E-state index in [2.05, 4.69) is 24.7 Å². The quantitative estimate of drug-likeness (QED) is 0.845. The smallest absolute Gasteiger partial charge is 0.270 e. The van der Waals surface area contributed by atoms with Crippen molar-refractivity contribution in [1.82, 2.24) is 8.75 Å². The third kappa shape index (κ3) is 2.23. The lowest BCUT2D eigenvalue weighted by molar-refractivity contribution is 0.468. The van der Waals surface area contributed by atoms with Crippen LogP contribution in [0.1, 0.15) is 0 Å². The molecule has 0 amide bonds. The van der Waals surface area contributed by atoms with Crippen molar-refractivity contribution in [3.8, 4) is 11.6 Å². The number of hydrogen-bond acceptors (Lipinski definition) is 4. The zero-order valence-electron chi connectivity index (χ0n) is 6.78. The summed E-state index contributed by atoms with van der Waals surface area (Å²) in [5.74, 6) is 1.02. The molecule has 1 aromatic carbocycles. The molecule has 0 fully saturated rings. The molecule has 0 unspecified atom stereocenters. The van der Waals surface area contributed by atoms with Gasteiger partial charge in [0, 0.05) is 4.47 Å². The number of rotatable bonds is 2. The van der Waals surface area contributed by atoms with Crippen molar-refractivity contribution in [3.05, 3.63) is 33.9 Å². The number of benzene rings is 1. The average molecular weight is 292 g/mol. The lowest BCUT2D eigenvalue weighted by atomic mass is 10.3. The van der Waals surface area contributed by atoms with Gasteiger partial charge in [-0.1, -0.05) is 33.6 Å². The monoisotopic (exact) mass is 290 g/mol. The van der Waals surface area contributed by atoms with E-state index in [9.17, 15) is 0 Å². The van der Waals surface area contributed by atoms with Crippen LogP contribution in [0.5, 0.6) is 11.6 Å². The summed E-state index contributed by atoms with van der Waals surface area (Å²) >= 11 is 10.1. The van der Waals surface area contributed by atoms with E-state index >= 15 is 0 Å². The van der Waals surface area contributed by atoms with E-state index in [1.807, 2.05) is 24.3 Å². The van der Waals surface area contributed by atoms with E-state index in [0.29, 0.717) is 11.6 Å². The van der Waals surface area contributed by atoms with Crippen molar-refractivity contribution in [2.24, 2.45) is 0 Å². The Morgan fingerprint density at radius 3 is 2.86 bits per heavy atom. The maximum Gasteiger partial charge on any atom is 0.270 e. The first-order valence-electron chi connectivity index (χ1n) is 3.67. The van der Waals surface area contributed by atoms with Crippen LogP contribution >= 0.6 is 39.3 Å². The highest BCUT2D eigenvalue weighted by atomic mass is 79.9. The van der Waals surface area contributed by atoms with Gasteiger partial charge in [-0.3, -0.25) is 0 Å². The Kier molecular flexibility index (Phi) is 3.00. The van der Waals surface area contributed by atoms with E-state index < -0.39 is 0 Å². The van der Waals surface area contributed by atoms with Crippen LogP contribution < -0.4 is 4.74 Å². The van der Waals surface area contributed by atoms with Crippen LogP contribution in [0.2, 0.25) is 5.15 Å². The molecule has 6 heteroatoms.